The van der Waals surface area contributed by atoms with Crippen molar-refractivity contribution in [2.24, 2.45) is 0 Å². The zero-order valence-electron chi connectivity index (χ0n) is 8.90. The molecule has 0 aliphatic rings. The van der Waals surface area contributed by atoms with Crippen molar-refractivity contribution in [3.05, 3.63) is 22.1 Å². The number of esters is 1. The van der Waals surface area contributed by atoms with Crippen LogP contribution in [-0.2, 0) is 4.74 Å². The lowest BCUT2D eigenvalue weighted by molar-refractivity contribution is 0.0514. The maximum absolute atomic E-state index is 11.0. The number of H-pyrrole nitrogens is 1. The summed E-state index contributed by atoms with van der Waals surface area (Å²) in [6, 6.07) is 0. The molecule has 84 valence electrons. The average molecular weight is 214 g/mol. The number of carbonyl (C=O) groups is 1. The molecule has 6 heteroatoms. The SMILES string of the molecule is CC.CCOC(=O)c1[nH]ncc(=O)c1O. The second-order valence-electron chi connectivity index (χ2n) is 2.18. The number of hydrogen-bond donors (Lipinski definition) is 2. The molecule has 0 atom stereocenters. The molecule has 1 aromatic rings. The van der Waals surface area contributed by atoms with E-state index in [2.05, 4.69) is 14.9 Å². The molecule has 0 aliphatic carbocycles. The highest BCUT2D eigenvalue weighted by atomic mass is 16.5. The van der Waals surface area contributed by atoms with E-state index in [-0.39, 0.29) is 12.3 Å². The molecule has 0 aliphatic heterocycles. The van der Waals surface area contributed by atoms with Crippen molar-refractivity contribution < 1.29 is 14.6 Å². The normalized spacial score (nSPS) is 8.73. The van der Waals surface area contributed by atoms with Crippen molar-refractivity contribution in [3.63, 3.8) is 0 Å². The first-order valence-corrected chi connectivity index (χ1v) is 4.60. The van der Waals surface area contributed by atoms with Crippen LogP contribution >= 0.6 is 0 Å². The Morgan fingerprint density at radius 1 is 1.60 bits per heavy atom. The Bertz CT molecular complexity index is 373. The van der Waals surface area contributed by atoms with Crippen LogP contribution in [0.4, 0.5) is 0 Å². The molecular formula is C9H14N2O4. The summed E-state index contributed by atoms with van der Waals surface area (Å²) in [5.41, 5.74) is -1.05. The minimum absolute atomic E-state index is 0.162. The van der Waals surface area contributed by atoms with E-state index in [1.54, 1.807) is 6.92 Å². The third kappa shape index (κ3) is 3.41. The van der Waals surface area contributed by atoms with Gasteiger partial charge in [0, 0.05) is 0 Å². The summed E-state index contributed by atoms with van der Waals surface area (Å²) >= 11 is 0. The van der Waals surface area contributed by atoms with Crippen molar-refractivity contribution in [1.82, 2.24) is 10.2 Å². The number of rotatable bonds is 2. The molecule has 1 aromatic heterocycles. The minimum Gasteiger partial charge on any atom is -0.502 e. The maximum atomic E-state index is 11.0. The second-order valence-corrected chi connectivity index (χ2v) is 2.18. The first kappa shape index (κ1) is 13.2. The average Bonchev–Trinajstić information content (AvgIpc) is 2.25. The zero-order valence-corrected chi connectivity index (χ0v) is 8.90. The highest BCUT2D eigenvalue weighted by Gasteiger charge is 2.15. The van der Waals surface area contributed by atoms with E-state index in [0.29, 0.717) is 0 Å². The molecular weight excluding hydrogens is 200 g/mol. The molecule has 6 nitrogen and oxygen atoms in total. The summed E-state index contributed by atoms with van der Waals surface area (Å²) in [5, 5.41) is 14.6. The van der Waals surface area contributed by atoms with Gasteiger partial charge >= 0.3 is 5.97 Å². The van der Waals surface area contributed by atoms with Crippen molar-refractivity contribution in [2.45, 2.75) is 20.8 Å². The van der Waals surface area contributed by atoms with Gasteiger partial charge < -0.3 is 9.84 Å². The Morgan fingerprint density at radius 3 is 2.73 bits per heavy atom. The van der Waals surface area contributed by atoms with E-state index >= 15 is 0 Å². The van der Waals surface area contributed by atoms with Gasteiger partial charge in [0.15, 0.2) is 11.4 Å². The van der Waals surface area contributed by atoms with Gasteiger partial charge in [0.25, 0.3) is 0 Å². The fraction of sp³-hybridized carbons (Fsp3) is 0.444. The molecule has 0 aromatic carbocycles. The Hall–Kier alpha value is -1.85. The topological polar surface area (TPSA) is 92.3 Å². The van der Waals surface area contributed by atoms with Gasteiger partial charge in [-0.05, 0) is 6.92 Å². The molecule has 1 rings (SSSR count). The zero-order chi connectivity index (χ0) is 11.8. The van der Waals surface area contributed by atoms with Crippen LogP contribution in [-0.4, -0.2) is 27.9 Å². The van der Waals surface area contributed by atoms with E-state index < -0.39 is 17.1 Å². The van der Waals surface area contributed by atoms with Crippen molar-refractivity contribution in [1.29, 1.82) is 0 Å². The number of aromatic amines is 1. The van der Waals surface area contributed by atoms with Gasteiger partial charge in [-0.1, -0.05) is 13.8 Å². The molecule has 0 saturated heterocycles. The van der Waals surface area contributed by atoms with Crippen LogP contribution in [0.15, 0.2) is 11.0 Å². The van der Waals surface area contributed by atoms with Crippen molar-refractivity contribution >= 4 is 5.97 Å². The number of aromatic nitrogens is 2. The lowest BCUT2D eigenvalue weighted by Crippen LogP contribution is -2.13. The second kappa shape index (κ2) is 6.58. The maximum Gasteiger partial charge on any atom is 0.360 e. The van der Waals surface area contributed by atoms with Crippen LogP contribution in [0.25, 0.3) is 0 Å². The molecule has 0 unspecified atom stereocenters. The van der Waals surface area contributed by atoms with Crippen molar-refractivity contribution in [2.75, 3.05) is 6.61 Å². The van der Waals surface area contributed by atoms with E-state index in [0.717, 1.165) is 6.20 Å². The molecule has 0 fully saturated rings. The highest BCUT2D eigenvalue weighted by Crippen LogP contribution is 2.06. The fourth-order valence-electron chi connectivity index (χ4n) is 0.738. The molecule has 0 radical (unpaired) electrons. The predicted octanol–water partition coefficient (Wildman–Crippen LogP) is 0.678. The van der Waals surface area contributed by atoms with Gasteiger partial charge in [-0.3, -0.25) is 9.89 Å². The number of hydrogen-bond acceptors (Lipinski definition) is 5. The first-order valence-electron chi connectivity index (χ1n) is 4.60. The number of aromatic hydroxyl groups is 1. The van der Waals surface area contributed by atoms with Gasteiger partial charge in [0.05, 0.1) is 12.8 Å². The highest BCUT2D eigenvalue weighted by molar-refractivity contribution is 5.89. The van der Waals surface area contributed by atoms with Gasteiger partial charge in [0.2, 0.25) is 5.43 Å². The Labute approximate surface area is 86.9 Å². The van der Waals surface area contributed by atoms with Crippen LogP contribution in [0.1, 0.15) is 31.3 Å². The Morgan fingerprint density at radius 2 is 2.20 bits per heavy atom. The predicted molar refractivity (Wildman–Crippen MR) is 53.8 cm³/mol. The van der Waals surface area contributed by atoms with Crippen molar-refractivity contribution in [3.8, 4) is 5.75 Å². The van der Waals surface area contributed by atoms with E-state index in [4.69, 9.17) is 5.11 Å². The van der Waals surface area contributed by atoms with Gasteiger partial charge in [0.1, 0.15) is 0 Å². The van der Waals surface area contributed by atoms with Gasteiger partial charge in [-0.2, -0.15) is 5.10 Å². The largest absolute Gasteiger partial charge is 0.502 e. The summed E-state index contributed by atoms with van der Waals surface area (Å²) in [6.45, 7) is 5.78. The quantitative estimate of drug-likeness (QED) is 0.706. The summed E-state index contributed by atoms with van der Waals surface area (Å²) in [4.78, 5) is 21.8. The fourth-order valence-corrected chi connectivity index (χ4v) is 0.738. The van der Waals surface area contributed by atoms with E-state index in [9.17, 15) is 9.59 Å². The number of nitrogens with zero attached hydrogens (tertiary/aromatic N) is 1. The number of carbonyl (C=O) groups excluding carboxylic acids is 1. The molecule has 2 N–H and O–H groups in total. The van der Waals surface area contributed by atoms with Crippen LogP contribution in [0, 0.1) is 0 Å². The van der Waals surface area contributed by atoms with Crippen LogP contribution < -0.4 is 5.43 Å². The monoisotopic (exact) mass is 214 g/mol. The third-order valence-corrected chi connectivity index (χ3v) is 1.31. The standard InChI is InChI=1S/C7H8N2O4.C2H6/c1-2-13-7(12)5-6(11)4(10)3-8-9-5;1-2/h3H,2H2,1H3,(H,8,11)(H,9,10);1-2H3. The molecule has 0 bridgehead atoms. The van der Waals surface area contributed by atoms with Gasteiger partial charge in [-0.25, -0.2) is 4.79 Å². The van der Waals surface area contributed by atoms with E-state index in [1.165, 1.54) is 0 Å². The van der Waals surface area contributed by atoms with Crippen LogP contribution in [0.5, 0.6) is 5.75 Å². The van der Waals surface area contributed by atoms with E-state index in [1.807, 2.05) is 13.8 Å². The third-order valence-electron chi connectivity index (χ3n) is 1.31. The number of ether oxygens (including phenoxy) is 1. The molecule has 0 spiro atoms. The van der Waals surface area contributed by atoms with Gasteiger partial charge in [-0.15, -0.1) is 0 Å². The summed E-state index contributed by atoms with van der Waals surface area (Å²) in [5.74, 6) is -1.47. The number of nitrogens with one attached hydrogen (secondary N) is 1. The molecule has 15 heavy (non-hydrogen) atoms. The first-order chi connectivity index (χ1) is 7.16. The Balaban J connectivity index is 0.000000921. The molecule has 0 amide bonds. The van der Waals surface area contributed by atoms with Crippen LogP contribution in [0.3, 0.4) is 0 Å². The molecule has 1 heterocycles. The lowest BCUT2D eigenvalue weighted by Gasteiger charge is -2.01. The minimum atomic E-state index is -0.801. The summed E-state index contributed by atoms with van der Waals surface area (Å²) in [6.07, 6.45) is 0.873. The lowest BCUT2D eigenvalue weighted by atomic mass is 10.3. The summed E-state index contributed by atoms with van der Waals surface area (Å²) in [7, 11) is 0. The molecule has 0 saturated carbocycles. The summed E-state index contributed by atoms with van der Waals surface area (Å²) < 4.78 is 4.55. The Kier molecular flexibility index (Phi) is 5.77. The van der Waals surface area contributed by atoms with Crippen LogP contribution in [0.2, 0.25) is 0 Å². The smallest absolute Gasteiger partial charge is 0.360 e.